The van der Waals surface area contributed by atoms with Crippen LogP contribution in [0.3, 0.4) is 0 Å². The summed E-state index contributed by atoms with van der Waals surface area (Å²) in [4.78, 5) is 13.3. The van der Waals surface area contributed by atoms with Crippen LogP contribution in [0.25, 0.3) is 11.5 Å². The van der Waals surface area contributed by atoms with Crippen LogP contribution >= 0.6 is 11.8 Å². The first kappa shape index (κ1) is 14.7. The average Bonchev–Trinajstić information content (AvgIpc) is 2.55. The third-order valence-electron chi connectivity index (χ3n) is 3.02. The summed E-state index contributed by atoms with van der Waals surface area (Å²) >= 11 is 1.60. The standard InChI is InChI=1S/C17H14FN3S/c1-12-10-16(22-11-13-5-7-14(18)8-6-13)21-17(20-12)15-4-2-3-9-19-15/h2-10H,11H2,1H3. The molecule has 0 saturated heterocycles. The van der Waals surface area contributed by atoms with Crippen LogP contribution in [0.2, 0.25) is 0 Å². The molecule has 0 fully saturated rings. The van der Waals surface area contributed by atoms with Crippen molar-refractivity contribution in [1.82, 2.24) is 15.0 Å². The summed E-state index contributed by atoms with van der Waals surface area (Å²) in [6.07, 6.45) is 1.73. The average molecular weight is 311 g/mol. The minimum atomic E-state index is -0.218. The molecule has 0 aliphatic heterocycles. The smallest absolute Gasteiger partial charge is 0.179 e. The zero-order valence-electron chi connectivity index (χ0n) is 12.0. The van der Waals surface area contributed by atoms with Crippen molar-refractivity contribution in [2.45, 2.75) is 17.7 Å². The molecular formula is C17H14FN3S. The molecule has 22 heavy (non-hydrogen) atoms. The molecule has 0 bridgehead atoms. The lowest BCUT2D eigenvalue weighted by molar-refractivity contribution is 0.627. The van der Waals surface area contributed by atoms with Gasteiger partial charge in [0.1, 0.15) is 16.5 Å². The molecule has 3 aromatic rings. The number of thioether (sulfide) groups is 1. The second kappa shape index (κ2) is 6.66. The first-order valence-electron chi connectivity index (χ1n) is 6.85. The van der Waals surface area contributed by atoms with Gasteiger partial charge in [-0.25, -0.2) is 14.4 Å². The first-order chi connectivity index (χ1) is 10.7. The van der Waals surface area contributed by atoms with Crippen molar-refractivity contribution < 1.29 is 4.39 Å². The van der Waals surface area contributed by atoms with E-state index in [1.54, 1.807) is 30.1 Å². The van der Waals surface area contributed by atoms with Crippen LogP contribution in [-0.2, 0) is 5.75 Å². The summed E-state index contributed by atoms with van der Waals surface area (Å²) in [5, 5.41) is 0.887. The van der Waals surface area contributed by atoms with Crippen molar-refractivity contribution in [3.63, 3.8) is 0 Å². The maximum atomic E-state index is 12.9. The fourth-order valence-corrected chi connectivity index (χ4v) is 2.87. The van der Waals surface area contributed by atoms with Gasteiger partial charge in [-0.1, -0.05) is 18.2 Å². The highest BCUT2D eigenvalue weighted by Crippen LogP contribution is 2.23. The molecule has 0 spiro atoms. The monoisotopic (exact) mass is 311 g/mol. The van der Waals surface area contributed by atoms with Gasteiger partial charge in [0.2, 0.25) is 0 Å². The molecule has 5 heteroatoms. The highest BCUT2D eigenvalue weighted by Gasteiger charge is 2.06. The lowest BCUT2D eigenvalue weighted by Gasteiger charge is -2.05. The topological polar surface area (TPSA) is 38.7 Å². The summed E-state index contributed by atoms with van der Waals surface area (Å²) in [6.45, 7) is 1.94. The summed E-state index contributed by atoms with van der Waals surface area (Å²) in [7, 11) is 0. The van der Waals surface area contributed by atoms with Crippen molar-refractivity contribution in [3.05, 3.63) is 71.8 Å². The van der Waals surface area contributed by atoms with Crippen molar-refractivity contribution >= 4 is 11.8 Å². The molecule has 2 heterocycles. The van der Waals surface area contributed by atoms with E-state index in [1.165, 1.54) is 12.1 Å². The second-order valence-corrected chi connectivity index (χ2v) is 5.80. The Labute approximate surface area is 132 Å². The fourth-order valence-electron chi connectivity index (χ4n) is 1.96. The predicted octanol–water partition coefficient (Wildman–Crippen LogP) is 4.28. The van der Waals surface area contributed by atoms with E-state index >= 15 is 0 Å². The van der Waals surface area contributed by atoms with Crippen LogP contribution in [0.5, 0.6) is 0 Å². The van der Waals surface area contributed by atoms with Gasteiger partial charge in [0.25, 0.3) is 0 Å². The van der Waals surface area contributed by atoms with Gasteiger partial charge >= 0.3 is 0 Å². The lowest BCUT2D eigenvalue weighted by Crippen LogP contribution is -1.95. The molecule has 2 aromatic heterocycles. The van der Waals surface area contributed by atoms with Crippen molar-refractivity contribution in [2.75, 3.05) is 0 Å². The molecule has 0 amide bonds. The summed E-state index contributed by atoms with van der Waals surface area (Å²) in [6, 6.07) is 14.1. The normalized spacial score (nSPS) is 10.6. The van der Waals surface area contributed by atoms with E-state index in [0.717, 1.165) is 27.7 Å². The number of pyridine rings is 1. The van der Waals surface area contributed by atoms with Gasteiger partial charge < -0.3 is 0 Å². The molecule has 3 rings (SSSR count). The van der Waals surface area contributed by atoms with Gasteiger partial charge in [-0.2, -0.15) is 0 Å². The number of halogens is 1. The van der Waals surface area contributed by atoms with E-state index in [4.69, 9.17) is 0 Å². The molecule has 1 aromatic carbocycles. The number of aryl methyl sites for hydroxylation is 1. The Balaban J connectivity index is 1.79. The number of benzene rings is 1. The fraction of sp³-hybridized carbons (Fsp3) is 0.118. The van der Waals surface area contributed by atoms with E-state index in [9.17, 15) is 4.39 Å². The molecular weight excluding hydrogens is 297 g/mol. The third-order valence-corrected chi connectivity index (χ3v) is 4.01. The minimum absolute atomic E-state index is 0.218. The molecule has 0 radical (unpaired) electrons. The Morgan fingerprint density at radius 3 is 2.59 bits per heavy atom. The van der Waals surface area contributed by atoms with Crippen molar-refractivity contribution in [3.8, 4) is 11.5 Å². The number of rotatable bonds is 4. The molecule has 0 aliphatic rings. The van der Waals surface area contributed by atoms with Gasteiger partial charge in [0.15, 0.2) is 5.82 Å². The van der Waals surface area contributed by atoms with Crippen LogP contribution in [0.1, 0.15) is 11.3 Å². The molecule has 0 aliphatic carbocycles. The molecule has 0 unspecified atom stereocenters. The third kappa shape index (κ3) is 3.68. The molecule has 110 valence electrons. The number of aromatic nitrogens is 3. The molecule has 0 saturated carbocycles. The quantitative estimate of drug-likeness (QED) is 0.532. The van der Waals surface area contributed by atoms with Gasteiger partial charge in [-0.05, 0) is 42.8 Å². The number of nitrogens with zero attached hydrogens (tertiary/aromatic N) is 3. The Kier molecular flexibility index (Phi) is 4.44. The first-order valence-corrected chi connectivity index (χ1v) is 7.83. The maximum absolute atomic E-state index is 12.9. The van der Waals surface area contributed by atoms with E-state index < -0.39 is 0 Å². The zero-order valence-corrected chi connectivity index (χ0v) is 12.8. The predicted molar refractivity (Wildman–Crippen MR) is 86.0 cm³/mol. The SMILES string of the molecule is Cc1cc(SCc2ccc(F)cc2)nc(-c2ccccn2)n1. The van der Waals surface area contributed by atoms with E-state index in [1.807, 2.05) is 31.2 Å². The Morgan fingerprint density at radius 2 is 1.86 bits per heavy atom. The summed E-state index contributed by atoms with van der Waals surface area (Å²) in [5.74, 6) is 1.14. The van der Waals surface area contributed by atoms with Gasteiger partial charge in [0.05, 0.1) is 0 Å². The molecule has 3 nitrogen and oxygen atoms in total. The van der Waals surface area contributed by atoms with Crippen LogP contribution in [-0.4, -0.2) is 15.0 Å². The highest BCUT2D eigenvalue weighted by molar-refractivity contribution is 7.98. The summed E-state index contributed by atoms with van der Waals surface area (Å²) in [5.41, 5.74) is 2.72. The molecule has 0 atom stereocenters. The van der Waals surface area contributed by atoms with Gasteiger partial charge in [-0.3, -0.25) is 4.98 Å². The van der Waals surface area contributed by atoms with Crippen molar-refractivity contribution in [1.29, 1.82) is 0 Å². The van der Waals surface area contributed by atoms with Crippen LogP contribution in [0.4, 0.5) is 4.39 Å². The highest BCUT2D eigenvalue weighted by atomic mass is 32.2. The maximum Gasteiger partial charge on any atom is 0.179 e. The number of hydrogen-bond donors (Lipinski definition) is 0. The minimum Gasteiger partial charge on any atom is -0.253 e. The lowest BCUT2D eigenvalue weighted by atomic mass is 10.2. The number of hydrogen-bond acceptors (Lipinski definition) is 4. The van der Waals surface area contributed by atoms with E-state index in [0.29, 0.717) is 5.82 Å². The van der Waals surface area contributed by atoms with Crippen molar-refractivity contribution in [2.24, 2.45) is 0 Å². The van der Waals surface area contributed by atoms with Crippen LogP contribution < -0.4 is 0 Å². The Morgan fingerprint density at radius 1 is 1.05 bits per heavy atom. The summed E-state index contributed by atoms with van der Waals surface area (Å²) < 4.78 is 12.9. The second-order valence-electron chi connectivity index (χ2n) is 4.80. The Bertz CT molecular complexity index is 761. The Hall–Kier alpha value is -2.27. The van der Waals surface area contributed by atoms with E-state index in [-0.39, 0.29) is 5.82 Å². The van der Waals surface area contributed by atoms with Gasteiger partial charge in [0, 0.05) is 17.6 Å². The van der Waals surface area contributed by atoms with Crippen LogP contribution in [0, 0.1) is 12.7 Å². The largest absolute Gasteiger partial charge is 0.253 e. The van der Waals surface area contributed by atoms with E-state index in [2.05, 4.69) is 15.0 Å². The van der Waals surface area contributed by atoms with Gasteiger partial charge in [-0.15, -0.1) is 11.8 Å². The molecule has 0 N–H and O–H groups in total. The zero-order chi connectivity index (χ0) is 15.4. The van der Waals surface area contributed by atoms with Crippen LogP contribution in [0.15, 0.2) is 59.8 Å².